The fourth-order valence-corrected chi connectivity index (χ4v) is 5.76. The largest absolute Gasteiger partial charge is 0.497 e. The maximum atomic E-state index is 12.6. The standard InChI is InChI=1S/C24H32N2O3/c1-6-26-21-15-23(20-13-19(29-5)9-7-16(20)2)11-12-25(4)17(3)24(23,28)14-18(21)8-10-22(26)27/h7-10,13,17,28H,6,11-12,14-15H2,1-5H3. The second-order valence-electron chi connectivity index (χ2n) is 8.84. The number of aryl methyl sites for hydroxylation is 1. The van der Waals surface area contributed by atoms with Gasteiger partial charge in [-0.15, -0.1) is 0 Å². The summed E-state index contributed by atoms with van der Waals surface area (Å²) in [5.74, 6) is 0.806. The number of fused-ring (bicyclic) bond motifs is 2. The molecule has 0 saturated carbocycles. The summed E-state index contributed by atoms with van der Waals surface area (Å²) in [7, 11) is 3.77. The highest BCUT2D eigenvalue weighted by Gasteiger charge is 2.60. The van der Waals surface area contributed by atoms with Gasteiger partial charge < -0.3 is 19.3 Å². The Morgan fingerprint density at radius 3 is 2.69 bits per heavy atom. The van der Waals surface area contributed by atoms with Gasteiger partial charge in [0, 0.05) is 42.6 Å². The summed E-state index contributed by atoms with van der Waals surface area (Å²) in [5.41, 5.74) is 3.11. The lowest BCUT2D eigenvalue weighted by Crippen LogP contribution is -2.70. The molecule has 1 N–H and O–H groups in total. The molecule has 0 radical (unpaired) electrons. The van der Waals surface area contributed by atoms with Crippen molar-refractivity contribution in [2.24, 2.45) is 0 Å². The Bertz CT molecular complexity index is 998. The minimum absolute atomic E-state index is 0.00277. The van der Waals surface area contributed by atoms with Crippen LogP contribution in [0.25, 0.3) is 0 Å². The van der Waals surface area contributed by atoms with E-state index in [4.69, 9.17) is 4.74 Å². The van der Waals surface area contributed by atoms with Crippen LogP contribution in [-0.4, -0.2) is 46.9 Å². The summed E-state index contributed by atoms with van der Waals surface area (Å²) in [5, 5.41) is 12.3. The first-order valence-corrected chi connectivity index (χ1v) is 10.6. The Kier molecular flexibility index (Phi) is 4.87. The molecule has 1 aliphatic heterocycles. The first-order chi connectivity index (χ1) is 13.8. The third kappa shape index (κ3) is 2.78. The average Bonchev–Trinajstić information content (AvgIpc) is 2.71. The lowest BCUT2D eigenvalue weighted by molar-refractivity contribution is -0.133. The van der Waals surface area contributed by atoms with Crippen LogP contribution in [0.2, 0.25) is 0 Å². The number of methoxy groups -OCH3 is 1. The van der Waals surface area contributed by atoms with E-state index in [0.717, 1.165) is 41.1 Å². The molecular weight excluding hydrogens is 364 g/mol. The molecule has 0 amide bonds. The number of ether oxygens (including phenoxy) is 1. The normalized spacial score (nSPS) is 29.2. The van der Waals surface area contributed by atoms with Crippen molar-refractivity contribution in [2.45, 2.75) is 63.6 Å². The molecule has 5 nitrogen and oxygen atoms in total. The molecule has 2 aliphatic rings. The van der Waals surface area contributed by atoms with E-state index < -0.39 is 11.0 Å². The van der Waals surface area contributed by atoms with Gasteiger partial charge in [0.2, 0.25) is 0 Å². The zero-order valence-electron chi connectivity index (χ0n) is 18.2. The van der Waals surface area contributed by atoms with Gasteiger partial charge in [-0.25, -0.2) is 0 Å². The van der Waals surface area contributed by atoms with Crippen molar-refractivity contribution in [1.29, 1.82) is 0 Å². The van der Waals surface area contributed by atoms with E-state index >= 15 is 0 Å². The lowest BCUT2D eigenvalue weighted by Gasteiger charge is -2.60. The van der Waals surface area contributed by atoms with Gasteiger partial charge in [0.05, 0.1) is 12.7 Å². The maximum Gasteiger partial charge on any atom is 0.250 e. The molecule has 3 atom stereocenters. The van der Waals surface area contributed by atoms with Crippen molar-refractivity contribution in [1.82, 2.24) is 9.47 Å². The highest BCUT2D eigenvalue weighted by atomic mass is 16.5. The number of nitrogens with zero attached hydrogens (tertiary/aromatic N) is 2. The van der Waals surface area contributed by atoms with Crippen LogP contribution in [0.4, 0.5) is 0 Å². The number of likely N-dealkylation sites (N-methyl/N-ethyl adjacent to an activating group) is 1. The summed E-state index contributed by atoms with van der Waals surface area (Å²) >= 11 is 0. The molecule has 1 saturated heterocycles. The predicted molar refractivity (Wildman–Crippen MR) is 115 cm³/mol. The highest BCUT2D eigenvalue weighted by Crippen LogP contribution is 2.53. The zero-order valence-corrected chi connectivity index (χ0v) is 18.2. The van der Waals surface area contributed by atoms with Crippen LogP contribution in [0.1, 0.15) is 42.7 Å². The second kappa shape index (κ2) is 6.99. The van der Waals surface area contributed by atoms with Crippen molar-refractivity contribution in [3.63, 3.8) is 0 Å². The van der Waals surface area contributed by atoms with Crippen LogP contribution in [0, 0.1) is 6.92 Å². The third-order valence-corrected chi connectivity index (χ3v) is 7.67. The first kappa shape index (κ1) is 20.2. The summed E-state index contributed by atoms with van der Waals surface area (Å²) in [6.45, 7) is 7.80. The number of aliphatic hydroxyl groups is 1. The Hall–Kier alpha value is -2.11. The van der Waals surface area contributed by atoms with Crippen LogP contribution in [-0.2, 0) is 24.8 Å². The van der Waals surface area contributed by atoms with Gasteiger partial charge in [-0.3, -0.25) is 4.79 Å². The molecule has 1 aromatic heterocycles. The van der Waals surface area contributed by atoms with Gasteiger partial charge >= 0.3 is 0 Å². The van der Waals surface area contributed by atoms with E-state index in [2.05, 4.69) is 37.9 Å². The Balaban J connectivity index is 2.01. The molecule has 1 aromatic carbocycles. The molecule has 1 fully saturated rings. The predicted octanol–water partition coefficient (Wildman–Crippen LogP) is 2.68. The summed E-state index contributed by atoms with van der Waals surface area (Å²) in [6, 6.07) is 9.72. The van der Waals surface area contributed by atoms with Crippen molar-refractivity contribution in [2.75, 3.05) is 20.7 Å². The summed E-state index contributed by atoms with van der Waals surface area (Å²) in [4.78, 5) is 14.8. The van der Waals surface area contributed by atoms with Gasteiger partial charge in [-0.1, -0.05) is 12.1 Å². The van der Waals surface area contributed by atoms with Gasteiger partial charge in [-0.2, -0.15) is 0 Å². The van der Waals surface area contributed by atoms with E-state index in [1.807, 2.05) is 23.6 Å². The van der Waals surface area contributed by atoms with E-state index in [-0.39, 0.29) is 11.6 Å². The molecule has 5 heteroatoms. The molecule has 2 heterocycles. The minimum Gasteiger partial charge on any atom is -0.497 e. The van der Waals surface area contributed by atoms with Gasteiger partial charge in [-0.05, 0) is 69.6 Å². The SMILES string of the molecule is CCn1c2c(ccc1=O)CC1(O)C(C)N(C)CCC1(c1cc(OC)ccc1C)C2. The maximum absolute atomic E-state index is 12.6. The van der Waals surface area contributed by atoms with E-state index in [1.54, 1.807) is 13.2 Å². The van der Waals surface area contributed by atoms with Gasteiger partial charge in [0.15, 0.2) is 0 Å². The fourth-order valence-electron chi connectivity index (χ4n) is 5.76. The number of likely N-dealkylation sites (tertiary alicyclic amines) is 1. The van der Waals surface area contributed by atoms with Crippen LogP contribution in [0.15, 0.2) is 35.1 Å². The van der Waals surface area contributed by atoms with Gasteiger partial charge in [0.1, 0.15) is 5.75 Å². The molecular formula is C24H32N2O3. The molecule has 2 aromatic rings. The Morgan fingerprint density at radius 1 is 1.24 bits per heavy atom. The number of hydrogen-bond acceptors (Lipinski definition) is 4. The Morgan fingerprint density at radius 2 is 2.00 bits per heavy atom. The zero-order chi connectivity index (χ0) is 21.0. The molecule has 0 spiro atoms. The fraction of sp³-hybridized carbons (Fsp3) is 0.542. The van der Waals surface area contributed by atoms with Crippen LogP contribution < -0.4 is 10.3 Å². The topological polar surface area (TPSA) is 54.7 Å². The quantitative estimate of drug-likeness (QED) is 0.867. The lowest BCUT2D eigenvalue weighted by atomic mass is 9.53. The van der Waals surface area contributed by atoms with E-state index in [1.165, 1.54) is 0 Å². The molecule has 4 rings (SSSR count). The van der Waals surface area contributed by atoms with Gasteiger partial charge in [0.25, 0.3) is 5.56 Å². The highest BCUT2D eigenvalue weighted by molar-refractivity contribution is 5.48. The number of benzene rings is 1. The first-order valence-electron chi connectivity index (χ1n) is 10.6. The minimum atomic E-state index is -0.930. The molecule has 0 bridgehead atoms. The van der Waals surface area contributed by atoms with E-state index in [9.17, 15) is 9.90 Å². The number of rotatable bonds is 3. The summed E-state index contributed by atoms with van der Waals surface area (Å²) < 4.78 is 7.43. The number of pyridine rings is 1. The number of hydrogen-bond donors (Lipinski definition) is 1. The molecule has 29 heavy (non-hydrogen) atoms. The smallest absolute Gasteiger partial charge is 0.250 e. The van der Waals surface area contributed by atoms with Crippen molar-refractivity contribution in [3.05, 3.63) is 63.1 Å². The van der Waals surface area contributed by atoms with Crippen LogP contribution in [0.5, 0.6) is 5.75 Å². The van der Waals surface area contributed by atoms with Crippen LogP contribution in [0.3, 0.4) is 0 Å². The second-order valence-corrected chi connectivity index (χ2v) is 8.84. The molecule has 3 unspecified atom stereocenters. The van der Waals surface area contributed by atoms with Crippen molar-refractivity contribution >= 4 is 0 Å². The average molecular weight is 397 g/mol. The van der Waals surface area contributed by atoms with Crippen molar-refractivity contribution in [3.8, 4) is 5.75 Å². The number of piperidine rings is 1. The van der Waals surface area contributed by atoms with Crippen LogP contribution >= 0.6 is 0 Å². The van der Waals surface area contributed by atoms with Crippen molar-refractivity contribution < 1.29 is 9.84 Å². The third-order valence-electron chi connectivity index (χ3n) is 7.67. The monoisotopic (exact) mass is 396 g/mol. The Labute approximate surface area is 172 Å². The van der Waals surface area contributed by atoms with E-state index in [0.29, 0.717) is 19.4 Å². The summed E-state index contributed by atoms with van der Waals surface area (Å²) in [6.07, 6.45) is 2.05. The number of aromatic nitrogens is 1. The molecule has 156 valence electrons. The molecule has 1 aliphatic carbocycles.